The zero-order chi connectivity index (χ0) is 26.7. The van der Waals surface area contributed by atoms with Crippen molar-refractivity contribution in [3.63, 3.8) is 0 Å². The minimum absolute atomic E-state index is 0.0496. The molecule has 0 amide bonds. The SMILES string of the molecule is CC[C@@H](C)c1nc2ccc(Br)cc2c(=O)n1N=Cc1cc(I)c(OCc2cccc(C(=O)O)c2)c(I)c1. The summed E-state index contributed by atoms with van der Waals surface area (Å²) in [5.41, 5.74) is 2.23. The maximum Gasteiger partial charge on any atom is 0.335 e. The molecule has 0 aliphatic rings. The van der Waals surface area contributed by atoms with Crippen molar-refractivity contribution in [3.05, 3.63) is 99.1 Å². The van der Waals surface area contributed by atoms with Gasteiger partial charge >= 0.3 is 5.97 Å². The summed E-state index contributed by atoms with van der Waals surface area (Å²) in [4.78, 5) is 29.3. The average molecular weight is 786 g/mol. The smallest absolute Gasteiger partial charge is 0.335 e. The molecule has 0 unspecified atom stereocenters. The van der Waals surface area contributed by atoms with E-state index in [2.05, 4.69) is 73.1 Å². The molecule has 1 N–H and O–H groups in total. The van der Waals surface area contributed by atoms with Gasteiger partial charge in [-0.05, 0) is 105 Å². The van der Waals surface area contributed by atoms with Gasteiger partial charge in [0.05, 0.1) is 29.8 Å². The molecule has 0 bridgehead atoms. The van der Waals surface area contributed by atoms with Crippen LogP contribution < -0.4 is 10.3 Å². The molecule has 1 heterocycles. The van der Waals surface area contributed by atoms with Crippen molar-refractivity contribution in [2.45, 2.75) is 32.8 Å². The molecule has 0 saturated carbocycles. The van der Waals surface area contributed by atoms with E-state index < -0.39 is 5.97 Å². The lowest BCUT2D eigenvalue weighted by molar-refractivity contribution is 0.0696. The Morgan fingerprint density at radius 1 is 1.19 bits per heavy atom. The van der Waals surface area contributed by atoms with Crippen LogP contribution in [0.3, 0.4) is 0 Å². The van der Waals surface area contributed by atoms with Crippen molar-refractivity contribution in [2.24, 2.45) is 5.10 Å². The molecule has 0 saturated heterocycles. The fraction of sp³-hybridized carbons (Fsp3) is 0.185. The number of benzene rings is 3. The molecule has 3 aromatic carbocycles. The third kappa shape index (κ3) is 6.40. The second kappa shape index (κ2) is 12.0. The molecule has 1 aromatic heterocycles. The lowest BCUT2D eigenvalue weighted by Gasteiger charge is -2.14. The van der Waals surface area contributed by atoms with Gasteiger partial charge in [-0.25, -0.2) is 9.78 Å². The Hall–Kier alpha value is -2.32. The highest BCUT2D eigenvalue weighted by molar-refractivity contribution is 14.1. The van der Waals surface area contributed by atoms with E-state index in [0.717, 1.165) is 29.2 Å². The number of halogens is 3. The first-order valence-electron chi connectivity index (χ1n) is 11.4. The molecule has 0 radical (unpaired) electrons. The number of carboxylic acids is 1. The van der Waals surface area contributed by atoms with Crippen molar-refractivity contribution < 1.29 is 14.6 Å². The van der Waals surface area contributed by atoms with Crippen molar-refractivity contribution >= 4 is 84.2 Å². The zero-order valence-corrected chi connectivity index (χ0v) is 25.8. The monoisotopic (exact) mass is 785 g/mol. The molecule has 1 atom stereocenters. The van der Waals surface area contributed by atoms with E-state index in [4.69, 9.17) is 9.72 Å². The van der Waals surface area contributed by atoms with Crippen LogP contribution in [0.15, 0.2) is 69.0 Å². The van der Waals surface area contributed by atoms with Crippen molar-refractivity contribution in [2.75, 3.05) is 0 Å². The van der Waals surface area contributed by atoms with Gasteiger partial charge in [0.2, 0.25) is 0 Å². The fourth-order valence-electron chi connectivity index (χ4n) is 3.65. The molecule has 10 heteroatoms. The van der Waals surface area contributed by atoms with E-state index in [-0.39, 0.29) is 23.6 Å². The van der Waals surface area contributed by atoms with E-state index in [1.54, 1.807) is 30.5 Å². The van der Waals surface area contributed by atoms with Crippen LogP contribution in [0.4, 0.5) is 0 Å². The summed E-state index contributed by atoms with van der Waals surface area (Å²) < 4.78 is 9.97. The van der Waals surface area contributed by atoms with Gasteiger partial charge in [0, 0.05) is 10.4 Å². The number of aromatic nitrogens is 2. The number of hydrogen-bond donors (Lipinski definition) is 1. The predicted octanol–water partition coefficient (Wildman–Crippen LogP) is 7.04. The standard InChI is InChI=1S/C27H22BrI2N3O4/c1-3-15(2)25-32-23-8-7-19(28)12-20(23)26(34)33(25)31-13-17-10-21(29)24(22(30)11-17)37-14-16-5-4-6-18(9-16)27(35)36/h4-13,15H,3,14H2,1-2H3,(H,35,36)/t15-/m1/s1. The Morgan fingerprint density at radius 2 is 1.92 bits per heavy atom. The third-order valence-electron chi connectivity index (χ3n) is 5.79. The maximum absolute atomic E-state index is 13.3. The first-order valence-corrected chi connectivity index (χ1v) is 14.3. The van der Waals surface area contributed by atoms with Crippen LogP contribution in [-0.4, -0.2) is 27.0 Å². The van der Waals surface area contributed by atoms with Gasteiger partial charge in [-0.15, -0.1) is 0 Å². The summed E-state index contributed by atoms with van der Waals surface area (Å²) in [7, 11) is 0. The summed E-state index contributed by atoms with van der Waals surface area (Å²) in [5.74, 6) is 0.397. The van der Waals surface area contributed by atoms with Crippen LogP contribution >= 0.6 is 61.1 Å². The minimum atomic E-state index is -0.973. The van der Waals surface area contributed by atoms with Gasteiger partial charge in [-0.1, -0.05) is 41.9 Å². The normalized spacial score (nSPS) is 12.2. The fourth-order valence-corrected chi connectivity index (χ4v) is 6.13. The summed E-state index contributed by atoms with van der Waals surface area (Å²) in [6.45, 7) is 4.33. The summed E-state index contributed by atoms with van der Waals surface area (Å²) in [5, 5.41) is 14.3. The number of rotatable bonds is 8. The van der Waals surface area contributed by atoms with Crippen molar-refractivity contribution in [1.29, 1.82) is 0 Å². The second-order valence-electron chi connectivity index (χ2n) is 8.41. The Labute approximate surface area is 249 Å². The second-order valence-corrected chi connectivity index (χ2v) is 11.7. The maximum atomic E-state index is 13.3. The van der Waals surface area contributed by atoms with Gasteiger partial charge in [-0.3, -0.25) is 4.79 Å². The lowest BCUT2D eigenvalue weighted by Crippen LogP contribution is -2.23. The van der Waals surface area contributed by atoms with Crippen LogP contribution in [0, 0.1) is 7.14 Å². The molecular formula is C27H22BrI2N3O4. The van der Waals surface area contributed by atoms with Crippen LogP contribution in [0.25, 0.3) is 10.9 Å². The molecule has 0 spiro atoms. The molecule has 0 fully saturated rings. The summed E-state index contributed by atoms with van der Waals surface area (Å²) >= 11 is 7.83. The van der Waals surface area contributed by atoms with Crippen molar-refractivity contribution in [3.8, 4) is 5.75 Å². The highest BCUT2D eigenvalue weighted by Gasteiger charge is 2.16. The van der Waals surface area contributed by atoms with Crippen LogP contribution in [0.5, 0.6) is 5.75 Å². The zero-order valence-electron chi connectivity index (χ0n) is 19.9. The third-order valence-corrected chi connectivity index (χ3v) is 7.88. The van der Waals surface area contributed by atoms with Gasteiger partial charge in [0.1, 0.15) is 18.2 Å². The highest BCUT2D eigenvalue weighted by Crippen LogP contribution is 2.29. The highest BCUT2D eigenvalue weighted by atomic mass is 127. The number of fused-ring (bicyclic) bond motifs is 1. The van der Waals surface area contributed by atoms with E-state index in [1.165, 1.54) is 4.68 Å². The quantitative estimate of drug-likeness (QED) is 0.153. The molecule has 190 valence electrons. The molecule has 0 aliphatic heterocycles. The predicted molar refractivity (Wildman–Crippen MR) is 165 cm³/mol. The van der Waals surface area contributed by atoms with Crippen LogP contribution in [-0.2, 0) is 6.61 Å². The van der Waals surface area contributed by atoms with Crippen LogP contribution in [0.2, 0.25) is 0 Å². The Bertz CT molecular complexity index is 1560. The Balaban J connectivity index is 1.64. The van der Waals surface area contributed by atoms with E-state index in [1.807, 2.05) is 37.3 Å². The largest absolute Gasteiger partial charge is 0.487 e. The number of ether oxygens (including phenoxy) is 1. The first kappa shape index (κ1) is 27.7. The average Bonchev–Trinajstić information content (AvgIpc) is 2.87. The first-order chi connectivity index (χ1) is 17.7. The van der Waals surface area contributed by atoms with Gasteiger partial charge < -0.3 is 9.84 Å². The lowest BCUT2D eigenvalue weighted by atomic mass is 10.1. The number of hydrogen-bond acceptors (Lipinski definition) is 5. The molecule has 7 nitrogen and oxygen atoms in total. The van der Waals surface area contributed by atoms with E-state index in [0.29, 0.717) is 22.5 Å². The number of nitrogens with zero attached hydrogens (tertiary/aromatic N) is 3. The molecule has 37 heavy (non-hydrogen) atoms. The molecule has 4 aromatic rings. The molecule has 4 rings (SSSR count). The minimum Gasteiger partial charge on any atom is -0.487 e. The van der Waals surface area contributed by atoms with Crippen LogP contribution in [0.1, 0.15) is 53.5 Å². The van der Waals surface area contributed by atoms with Gasteiger partial charge in [0.25, 0.3) is 5.56 Å². The number of aromatic carboxylic acids is 1. The van der Waals surface area contributed by atoms with E-state index >= 15 is 0 Å². The summed E-state index contributed by atoms with van der Waals surface area (Å²) in [6, 6.07) is 16.0. The van der Waals surface area contributed by atoms with E-state index in [9.17, 15) is 14.7 Å². The topological polar surface area (TPSA) is 93.8 Å². The Kier molecular flexibility index (Phi) is 9.01. The number of carbonyl (C=O) groups is 1. The Morgan fingerprint density at radius 3 is 2.59 bits per heavy atom. The van der Waals surface area contributed by atoms with Gasteiger partial charge in [-0.2, -0.15) is 9.78 Å². The van der Waals surface area contributed by atoms with Gasteiger partial charge in [0.15, 0.2) is 0 Å². The molecule has 0 aliphatic carbocycles. The number of carboxylic acid groups (broad SMARTS) is 1. The summed E-state index contributed by atoms with van der Waals surface area (Å²) in [6.07, 6.45) is 2.48. The molecular weight excluding hydrogens is 764 g/mol. The van der Waals surface area contributed by atoms with Crippen molar-refractivity contribution in [1.82, 2.24) is 9.66 Å².